The summed E-state index contributed by atoms with van der Waals surface area (Å²) in [6.07, 6.45) is 0.282. The quantitative estimate of drug-likeness (QED) is 0.888. The first-order valence-corrected chi connectivity index (χ1v) is 8.49. The minimum Gasteiger partial charge on any atom is -0.387 e. The fourth-order valence-electron chi connectivity index (χ4n) is 3.25. The van der Waals surface area contributed by atoms with E-state index in [4.69, 9.17) is 11.6 Å². The number of piperidine rings is 1. The standard InChI is InChI=1S/C19H21ClFNO2/c20-15-7-5-14(6-8-15)18(23)13-22-11-9-19(24,10-12-22)16-3-1-2-4-17(16)21/h1-8,18,23-24H,9-13H2/t18-/m0/s1. The molecule has 5 heteroatoms. The lowest BCUT2D eigenvalue weighted by molar-refractivity contribution is -0.0367. The van der Waals surface area contributed by atoms with Crippen LogP contribution in [0.25, 0.3) is 0 Å². The molecule has 0 bridgehead atoms. The molecule has 0 unspecified atom stereocenters. The first-order chi connectivity index (χ1) is 11.5. The summed E-state index contributed by atoms with van der Waals surface area (Å²) in [7, 11) is 0. The van der Waals surface area contributed by atoms with Gasteiger partial charge < -0.3 is 15.1 Å². The Kier molecular flexibility index (Phi) is 5.21. The van der Waals surface area contributed by atoms with Crippen molar-refractivity contribution in [1.29, 1.82) is 0 Å². The summed E-state index contributed by atoms with van der Waals surface area (Å²) in [6, 6.07) is 13.5. The average Bonchev–Trinajstić information content (AvgIpc) is 2.58. The number of benzene rings is 2. The first kappa shape index (κ1) is 17.4. The Morgan fingerprint density at radius 2 is 1.71 bits per heavy atom. The lowest BCUT2D eigenvalue weighted by atomic mass is 9.84. The van der Waals surface area contributed by atoms with Crippen LogP contribution in [0.3, 0.4) is 0 Å². The van der Waals surface area contributed by atoms with E-state index in [-0.39, 0.29) is 5.82 Å². The maximum Gasteiger partial charge on any atom is 0.129 e. The second kappa shape index (κ2) is 7.19. The van der Waals surface area contributed by atoms with E-state index in [1.54, 1.807) is 30.3 Å². The summed E-state index contributed by atoms with van der Waals surface area (Å²) in [5.74, 6) is -0.366. The number of aliphatic hydroxyl groups excluding tert-OH is 1. The highest BCUT2D eigenvalue weighted by atomic mass is 35.5. The van der Waals surface area contributed by atoms with Crippen molar-refractivity contribution in [3.63, 3.8) is 0 Å². The minimum atomic E-state index is -1.13. The van der Waals surface area contributed by atoms with Crippen LogP contribution in [0.15, 0.2) is 48.5 Å². The average molecular weight is 350 g/mol. The fraction of sp³-hybridized carbons (Fsp3) is 0.368. The molecule has 2 aromatic rings. The largest absolute Gasteiger partial charge is 0.387 e. The lowest BCUT2D eigenvalue weighted by Gasteiger charge is -2.39. The Labute approximate surface area is 146 Å². The SMILES string of the molecule is O[C@@H](CN1CCC(O)(c2ccccc2F)CC1)c1ccc(Cl)cc1. The van der Waals surface area contributed by atoms with Crippen LogP contribution in [0.2, 0.25) is 5.02 Å². The zero-order valence-corrected chi connectivity index (χ0v) is 14.1. The van der Waals surface area contributed by atoms with Crippen LogP contribution in [-0.2, 0) is 5.60 Å². The zero-order valence-electron chi connectivity index (χ0n) is 13.3. The van der Waals surface area contributed by atoms with Crippen LogP contribution in [0.4, 0.5) is 4.39 Å². The summed E-state index contributed by atoms with van der Waals surface area (Å²) >= 11 is 5.86. The molecule has 3 nitrogen and oxygen atoms in total. The van der Waals surface area contributed by atoms with Crippen LogP contribution < -0.4 is 0 Å². The van der Waals surface area contributed by atoms with Crippen molar-refractivity contribution < 1.29 is 14.6 Å². The molecule has 1 aliphatic rings. The Bertz CT molecular complexity index is 684. The summed E-state index contributed by atoms with van der Waals surface area (Å²) in [5.41, 5.74) is 0.0461. The molecule has 1 heterocycles. The monoisotopic (exact) mass is 349 g/mol. The van der Waals surface area contributed by atoms with Gasteiger partial charge in [-0.15, -0.1) is 0 Å². The summed E-state index contributed by atoms with van der Waals surface area (Å²) in [6.45, 7) is 1.69. The van der Waals surface area contributed by atoms with Crippen molar-refractivity contribution in [3.8, 4) is 0 Å². The molecule has 1 fully saturated rings. The van der Waals surface area contributed by atoms with E-state index in [9.17, 15) is 14.6 Å². The molecule has 1 saturated heterocycles. The molecule has 0 spiro atoms. The number of hydrogen-bond acceptors (Lipinski definition) is 3. The summed E-state index contributed by atoms with van der Waals surface area (Å²) < 4.78 is 14.0. The third-order valence-electron chi connectivity index (χ3n) is 4.74. The second-order valence-electron chi connectivity index (χ2n) is 6.38. The number of halogens is 2. The Hall–Kier alpha value is -1.46. The van der Waals surface area contributed by atoms with Crippen LogP contribution in [0.5, 0.6) is 0 Å². The Balaban J connectivity index is 1.61. The highest BCUT2D eigenvalue weighted by Gasteiger charge is 2.36. The molecular weight excluding hydrogens is 329 g/mol. The molecule has 0 aromatic heterocycles. The third kappa shape index (κ3) is 3.78. The number of rotatable bonds is 4. The summed E-state index contributed by atoms with van der Waals surface area (Å²) in [5, 5.41) is 21.8. The molecule has 0 amide bonds. The van der Waals surface area contributed by atoms with Gasteiger partial charge in [0.15, 0.2) is 0 Å². The van der Waals surface area contributed by atoms with Crippen molar-refractivity contribution in [2.24, 2.45) is 0 Å². The van der Waals surface area contributed by atoms with Crippen LogP contribution in [0, 0.1) is 5.82 Å². The van der Waals surface area contributed by atoms with Crippen molar-refractivity contribution in [3.05, 3.63) is 70.5 Å². The van der Waals surface area contributed by atoms with E-state index < -0.39 is 11.7 Å². The minimum absolute atomic E-state index is 0.364. The maximum absolute atomic E-state index is 14.0. The van der Waals surface area contributed by atoms with E-state index in [0.717, 1.165) is 5.56 Å². The number of hydrogen-bond donors (Lipinski definition) is 2. The predicted molar refractivity (Wildman–Crippen MR) is 92.4 cm³/mol. The third-order valence-corrected chi connectivity index (χ3v) is 5.00. The van der Waals surface area contributed by atoms with Gasteiger partial charge >= 0.3 is 0 Å². The van der Waals surface area contributed by atoms with Gasteiger partial charge in [0.05, 0.1) is 11.7 Å². The van der Waals surface area contributed by atoms with Gasteiger partial charge in [0.1, 0.15) is 5.82 Å². The van der Waals surface area contributed by atoms with Gasteiger partial charge in [-0.05, 0) is 36.6 Å². The van der Waals surface area contributed by atoms with Crippen LogP contribution in [-0.4, -0.2) is 34.7 Å². The zero-order chi connectivity index (χ0) is 17.2. The van der Waals surface area contributed by atoms with E-state index in [2.05, 4.69) is 4.90 Å². The Morgan fingerprint density at radius 1 is 1.08 bits per heavy atom. The molecule has 0 aliphatic carbocycles. The van der Waals surface area contributed by atoms with Crippen molar-refractivity contribution in [2.75, 3.05) is 19.6 Å². The van der Waals surface area contributed by atoms with Gasteiger partial charge in [0, 0.05) is 30.2 Å². The van der Waals surface area contributed by atoms with Gasteiger partial charge in [-0.2, -0.15) is 0 Å². The molecule has 2 N–H and O–H groups in total. The number of nitrogens with zero attached hydrogens (tertiary/aromatic N) is 1. The van der Waals surface area contributed by atoms with Crippen LogP contribution >= 0.6 is 11.6 Å². The van der Waals surface area contributed by atoms with Gasteiger partial charge in [0.2, 0.25) is 0 Å². The molecule has 1 aliphatic heterocycles. The Morgan fingerprint density at radius 3 is 2.33 bits per heavy atom. The van der Waals surface area contributed by atoms with Crippen molar-refractivity contribution in [2.45, 2.75) is 24.5 Å². The first-order valence-electron chi connectivity index (χ1n) is 8.11. The van der Waals surface area contributed by atoms with Crippen molar-refractivity contribution >= 4 is 11.6 Å². The number of likely N-dealkylation sites (tertiary alicyclic amines) is 1. The molecule has 128 valence electrons. The molecule has 0 saturated carbocycles. The van der Waals surface area contributed by atoms with Gasteiger partial charge in [-0.1, -0.05) is 41.9 Å². The molecule has 2 aromatic carbocycles. The van der Waals surface area contributed by atoms with Crippen molar-refractivity contribution in [1.82, 2.24) is 4.90 Å². The highest BCUT2D eigenvalue weighted by Crippen LogP contribution is 2.34. The predicted octanol–water partition coefficient (Wildman–Crippen LogP) is 3.50. The molecule has 1 atom stereocenters. The molecule has 3 rings (SSSR count). The van der Waals surface area contributed by atoms with E-state index in [0.29, 0.717) is 43.1 Å². The van der Waals surface area contributed by atoms with Gasteiger partial charge in [-0.25, -0.2) is 4.39 Å². The highest BCUT2D eigenvalue weighted by molar-refractivity contribution is 6.30. The smallest absolute Gasteiger partial charge is 0.129 e. The molecular formula is C19H21ClFNO2. The van der Waals surface area contributed by atoms with E-state index >= 15 is 0 Å². The van der Waals surface area contributed by atoms with E-state index in [1.807, 2.05) is 12.1 Å². The molecule has 24 heavy (non-hydrogen) atoms. The normalized spacial score (nSPS) is 19.2. The van der Waals surface area contributed by atoms with E-state index in [1.165, 1.54) is 6.07 Å². The molecule has 0 radical (unpaired) electrons. The van der Waals surface area contributed by atoms with Gasteiger partial charge in [0.25, 0.3) is 0 Å². The van der Waals surface area contributed by atoms with Gasteiger partial charge in [-0.3, -0.25) is 0 Å². The number of β-amino-alcohol motifs (C(OH)–C–C–N with tert-alkyl or cyclic N) is 1. The summed E-state index contributed by atoms with van der Waals surface area (Å²) in [4.78, 5) is 2.09. The van der Waals surface area contributed by atoms with Crippen LogP contribution in [0.1, 0.15) is 30.1 Å². The number of aliphatic hydroxyl groups is 2. The topological polar surface area (TPSA) is 43.7 Å². The second-order valence-corrected chi connectivity index (χ2v) is 6.82. The maximum atomic E-state index is 14.0. The fourth-order valence-corrected chi connectivity index (χ4v) is 3.37. The lowest BCUT2D eigenvalue weighted by Crippen LogP contribution is -2.44.